The molecular weight excluding hydrogens is 324 g/mol. The van der Waals surface area contributed by atoms with E-state index in [-0.39, 0.29) is 12.5 Å². The van der Waals surface area contributed by atoms with Crippen LogP contribution in [0.1, 0.15) is 30.4 Å². The number of benzene rings is 2. The number of carbonyl (C=O) groups excluding carboxylic acids is 1. The van der Waals surface area contributed by atoms with E-state index in [1.165, 1.54) is 24.9 Å². The Morgan fingerprint density at radius 3 is 2.35 bits per heavy atom. The molecule has 26 heavy (non-hydrogen) atoms. The van der Waals surface area contributed by atoms with E-state index in [1.807, 2.05) is 37.4 Å². The molecule has 0 atom stereocenters. The molecule has 0 saturated carbocycles. The lowest BCUT2D eigenvalue weighted by atomic mass is 10.1. The predicted molar refractivity (Wildman–Crippen MR) is 105 cm³/mol. The number of piperidine rings is 1. The number of carbonyl (C=O) groups is 1. The molecule has 0 unspecified atom stereocenters. The summed E-state index contributed by atoms with van der Waals surface area (Å²) in [4.78, 5) is 16.4. The molecule has 0 bridgehead atoms. The zero-order chi connectivity index (χ0) is 18.2. The van der Waals surface area contributed by atoms with E-state index < -0.39 is 0 Å². The van der Waals surface area contributed by atoms with Gasteiger partial charge in [0.1, 0.15) is 6.61 Å². The van der Waals surface area contributed by atoms with Gasteiger partial charge in [0.05, 0.1) is 6.61 Å². The highest BCUT2D eigenvalue weighted by molar-refractivity contribution is 5.77. The molecule has 0 N–H and O–H groups in total. The van der Waals surface area contributed by atoms with Gasteiger partial charge in [0.2, 0.25) is 5.91 Å². The summed E-state index contributed by atoms with van der Waals surface area (Å²) in [6, 6.07) is 18.5. The summed E-state index contributed by atoms with van der Waals surface area (Å²) in [5.41, 5.74) is 3.51. The number of hydrogen-bond acceptors (Lipinski definition) is 3. The molecule has 1 heterocycles. The largest absolute Gasteiger partial charge is 0.372 e. The molecule has 2 aromatic carbocycles. The first-order valence-corrected chi connectivity index (χ1v) is 9.42. The fourth-order valence-corrected chi connectivity index (χ4v) is 3.27. The SMILES string of the molecule is CN(Cc1ccc(N2CCCCC2)cc1)C(=O)COCc1ccccc1. The van der Waals surface area contributed by atoms with Crippen molar-refractivity contribution in [3.05, 3.63) is 65.7 Å². The van der Waals surface area contributed by atoms with Gasteiger partial charge in [0.25, 0.3) is 0 Å². The van der Waals surface area contributed by atoms with Crippen molar-refractivity contribution in [1.29, 1.82) is 0 Å². The average molecular weight is 352 g/mol. The van der Waals surface area contributed by atoms with Crippen LogP contribution < -0.4 is 4.90 Å². The van der Waals surface area contributed by atoms with Crippen LogP contribution in [0.25, 0.3) is 0 Å². The zero-order valence-electron chi connectivity index (χ0n) is 15.6. The second kappa shape index (κ2) is 9.39. The molecule has 0 radical (unpaired) electrons. The highest BCUT2D eigenvalue weighted by Crippen LogP contribution is 2.20. The lowest BCUT2D eigenvalue weighted by molar-refractivity contribution is -0.135. The molecular formula is C22H28N2O2. The lowest BCUT2D eigenvalue weighted by Crippen LogP contribution is -2.30. The molecule has 2 aromatic rings. The maximum atomic E-state index is 12.2. The van der Waals surface area contributed by atoms with Crippen molar-refractivity contribution in [3.63, 3.8) is 0 Å². The van der Waals surface area contributed by atoms with Gasteiger partial charge in [-0.2, -0.15) is 0 Å². The second-order valence-electron chi connectivity index (χ2n) is 6.94. The Morgan fingerprint density at radius 1 is 0.962 bits per heavy atom. The standard InChI is InChI=1S/C22H28N2O2/c1-23(22(25)18-26-17-20-8-4-2-5-9-20)16-19-10-12-21(13-11-19)24-14-6-3-7-15-24/h2,4-5,8-13H,3,6-7,14-18H2,1H3. The van der Waals surface area contributed by atoms with Crippen LogP contribution in [-0.2, 0) is 22.7 Å². The summed E-state index contributed by atoms with van der Waals surface area (Å²) in [7, 11) is 1.83. The van der Waals surface area contributed by atoms with Crippen LogP contribution in [0.4, 0.5) is 5.69 Å². The fourth-order valence-electron chi connectivity index (χ4n) is 3.27. The first-order valence-electron chi connectivity index (χ1n) is 9.42. The summed E-state index contributed by atoms with van der Waals surface area (Å²) in [6.45, 7) is 3.48. The molecule has 138 valence electrons. The van der Waals surface area contributed by atoms with E-state index in [0.717, 1.165) is 24.2 Å². The van der Waals surface area contributed by atoms with Crippen molar-refractivity contribution in [2.24, 2.45) is 0 Å². The van der Waals surface area contributed by atoms with Crippen molar-refractivity contribution in [2.75, 3.05) is 31.6 Å². The van der Waals surface area contributed by atoms with Crippen LogP contribution in [0, 0.1) is 0 Å². The van der Waals surface area contributed by atoms with Crippen LogP contribution in [0.15, 0.2) is 54.6 Å². The number of amides is 1. The summed E-state index contributed by atoms with van der Waals surface area (Å²) < 4.78 is 5.54. The quantitative estimate of drug-likeness (QED) is 0.759. The van der Waals surface area contributed by atoms with Gasteiger partial charge >= 0.3 is 0 Å². The molecule has 0 spiro atoms. The van der Waals surface area contributed by atoms with Gasteiger partial charge in [-0.25, -0.2) is 0 Å². The summed E-state index contributed by atoms with van der Waals surface area (Å²) in [6.07, 6.45) is 3.90. The van der Waals surface area contributed by atoms with E-state index in [1.54, 1.807) is 4.90 Å². The molecule has 1 saturated heterocycles. The van der Waals surface area contributed by atoms with E-state index >= 15 is 0 Å². The van der Waals surface area contributed by atoms with Crippen molar-refractivity contribution >= 4 is 11.6 Å². The van der Waals surface area contributed by atoms with Gasteiger partial charge in [0, 0.05) is 32.4 Å². The Bertz CT molecular complexity index is 679. The first-order chi connectivity index (χ1) is 12.7. The number of hydrogen-bond donors (Lipinski definition) is 0. The maximum absolute atomic E-state index is 12.2. The van der Waals surface area contributed by atoms with Gasteiger partial charge in [-0.3, -0.25) is 4.79 Å². The number of likely N-dealkylation sites (N-methyl/N-ethyl adjacent to an activating group) is 1. The summed E-state index contributed by atoms with van der Waals surface area (Å²) in [5.74, 6) is 0.000961. The predicted octanol–water partition coefficient (Wildman–Crippen LogP) is 3.85. The molecule has 1 aliphatic rings. The molecule has 1 aliphatic heterocycles. The third-order valence-electron chi connectivity index (χ3n) is 4.84. The van der Waals surface area contributed by atoms with Crippen LogP contribution in [-0.4, -0.2) is 37.6 Å². The minimum Gasteiger partial charge on any atom is -0.372 e. The number of nitrogens with zero attached hydrogens (tertiary/aromatic N) is 2. The maximum Gasteiger partial charge on any atom is 0.248 e. The Kier molecular flexibility index (Phi) is 6.67. The summed E-state index contributed by atoms with van der Waals surface area (Å²) >= 11 is 0. The Morgan fingerprint density at radius 2 is 1.65 bits per heavy atom. The minimum atomic E-state index is 0.000961. The van der Waals surface area contributed by atoms with Crippen molar-refractivity contribution in [2.45, 2.75) is 32.4 Å². The van der Waals surface area contributed by atoms with E-state index in [9.17, 15) is 4.79 Å². The summed E-state index contributed by atoms with van der Waals surface area (Å²) in [5, 5.41) is 0. The van der Waals surface area contributed by atoms with E-state index in [2.05, 4.69) is 29.2 Å². The van der Waals surface area contributed by atoms with Crippen molar-refractivity contribution in [3.8, 4) is 0 Å². The van der Waals surface area contributed by atoms with Crippen LogP contribution >= 0.6 is 0 Å². The van der Waals surface area contributed by atoms with Crippen molar-refractivity contribution < 1.29 is 9.53 Å². The molecule has 0 aliphatic carbocycles. The van der Waals surface area contributed by atoms with E-state index in [4.69, 9.17) is 4.74 Å². The zero-order valence-corrected chi connectivity index (χ0v) is 15.6. The highest BCUT2D eigenvalue weighted by Gasteiger charge is 2.12. The van der Waals surface area contributed by atoms with Crippen LogP contribution in [0.2, 0.25) is 0 Å². The number of ether oxygens (including phenoxy) is 1. The Balaban J connectivity index is 1.44. The highest BCUT2D eigenvalue weighted by atomic mass is 16.5. The van der Waals surface area contributed by atoms with Gasteiger partial charge in [0.15, 0.2) is 0 Å². The minimum absolute atomic E-state index is 0.000961. The van der Waals surface area contributed by atoms with E-state index in [0.29, 0.717) is 13.2 Å². The van der Waals surface area contributed by atoms with Gasteiger partial charge in [-0.1, -0.05) is 42.5 Å². The average Bonchev–Trinajstić information content (AvgIpc) is 2.70. The number of anilines is 1. The lowest BCUT2D eigenvalue weighted by Gasteiger charge is -2.29. The molecule has 3 rings (SSSR count). The molecule has 1 fully saturated rings. The van der Waals surface area contributed by atoms with Crippen LogP contribution in [0.3, 0.4) is 0 Å². The molecule has 1 amide bonds. The van der Waals surface area contributed by atoms with Crippen molar-refractivity contribution in [1.82, 2.24) is 4.90 Å². The Labute approximate surface area is 156 Å². The third-order valence-corrected chi connectivity index (χ3v) is 4.84. The smallest absolute Gasteiger partial charge is 0.248 e. The van der Waals surface area contributed by atoms with Gasteiger partial charge < -0.3 is 14.5 Å². The number of rotatable bonds is 7. The molecule has 4 nitrogen and oxygen atoms in total. The third kappa shape index (κ3) is 5.33. The monoisotopic (exact) mass is 352 g/mol. The topological polar surface area (TPSA) is 32.8 Å². The first kappa shape index (κ1) is 18.5. The fraction of sp³-hybridized carbons (Fsp3) is 0.409. The van der Waals surface area contributed by atoms with Crippen LogP contribution in [0.5, 0.6) is 0 Å². The molecule has 4 heteroatoms. The molecule has 0 aromatic heterocycles. The second-order valence-corrected chi connectivity index (χ2v) is 6.94. The van der Waals surface area contributed by atoms with Gasteiger partial charge in [-0.05, 0) is 42.5 Å². The normalized spacial score (nSPS) is 14.3. The Hall–Kier alpha value is -2.33. The van der Waals surface area contributed by atoms with Gasteiger partial charge in [-0.15, -0.1) is 0 Å².